The molecule has 7 aromatic carbocycles. The maximum absolute atomic E-state index is 2.42. The van der Waals surface area contributed by atoms with Crippen LogP contribution in [0.5, 0.6) is 0 Å². The van der Waals surface area contributed by atoms with Crippen LogP contribution in [0, 0.1) is 13.8 Å². The molecule has 0 fully saturated rings. The Morgan fingerprint density at radius 3 is 1.87 bits per heavy atom. The normalized spacial score (nSPS) is 11.9. The quantitative estimate of drug-likeness (QED) is 0.152. The number of nitrogens with zero attached hydrogens (tertiary/aromatic N) is 1. The van der Waals surface area contributed by atoms with Crippen molar-refractivity contribution in [2.24, 2.45) is 0 Å². The number of thiophene rings is 1. The molecule has 0 saturated heterocycles. The van der Waals surface area contributed by atoms with E-state index in [0.717, 1.165) is 6.42 Å². The molecular weight excluding hydrogens is 659 g/mol. The number of aromatic nitrogens is 1. The smallest absolute Gasteiger partial charge is 0.0537 e. The lowest BCUT2D eigenvalue weighted by molar-refractivity contribution is 1.10. The number of benzene rings is 7. The highest BCUT2D eigenvalue weighted by Crippen LogP contribution is 2.43. The van der Waals surface area contributed by atoms with Crippen molar-refractivity contribution in [3.8, 4) is 27.9 Å². The van der Waals surface area contributed by atoms with Crippen LogP contribution in [0.2, 0.25) is 0 Å². The van der Waals surface area contributed by atoms with Crippen molar-refractivity contribution in [3.05, 3.63) is 161 Å². The van der Waals surface area contributed by atoms with E-state index < -0.39 is 0 Å². The Morgan fingerprint density at radius 1 is 0.547 bits per heavy atom. The zero-order chi connectivity index (χ0) is 36.6. The highest BCUT2D eigenvalue weighted by atomic mass is 32.1. The van der Waals surface area contributed by atoms with Gasteiger partial charge >= 0.3 is 0 Å². The van der Waals surface area contributed by atoms with Gasteiger partial charge in [-0.1, -0.05) is 130 Å². The highest BCUT2D eigenvalue weighted by Gasteiger charge is 2.16. The van der Waals surface area contributed by atoms with Gasteiger partial charge in [-0.15, -0.1) is 11.3 Å². The Morgan fingerprint density at radius 2 is 1.15 bits per heavy atom. The van der Waals surface area contributed by atoms with Crippen LogP contribution in [0.1, 0.15) is 55.8 Å². The molecule has 9 rings (SSSR count). The summed E-state index contributed by atoms with van der Waals surface area (Å²) < 4.78 is 3.76. The number of rotatable bonds is 6. The van der Waals surface area contributed by atoms with Gasteiger partial charge in [0.25, 0.3) is 0 Å². The molecular formula is C51H45NS. The third kappa shape index (κ3) is 5.79. The van der Waals surface area contributed by atoms with Gasteiger partial charge in [0, 0.05) is 26.3 Å². The summed E-state index contributed by atoms with van der Waals surface area (Å²) in [7, 11) is 0. The third-order valence-electron chi connectivity index (χ3n) is 10.6. The van der Waals surface area contributed by atoms with E-state index in [0.29, 0.717) is 0 Å². The van der Waals surface area contributed by atoms with Crippen LogP contribution in [-0.2, 0) is 0 Å². The van der Waals surface area contributed by atoms with Gasteiger partial charge in [0.1, 0.15) is 0 Å². The predicted molar refractivity (Wildman–Crippen MR) is 237 cm³/mol. The van der Waals surface area contributed by atoms with E-state index in [1.807, 2.05) is 25.2 Å². The van der Waals surface area contributed by atoms with Gasteiger partial charge in [-0.3, -0.25) is 0 Å². The molecule has 0 aliphatic carbocycles. The number of para-hydroxylation sites is 1. The fourth-order valence-electron chi connectivity index (χ4n) is 8.06. The lowest BCUT2D eigenvalue weighted by Crippen LogP contribution is -1.97. The van der Waals surface area contributed by atoms with Crippen molar-refractivity contribution < 1.29 is 0 Å². The molecule has 260 valence electrons. The van der Waals surface area contributed by atoms with Gasteiger partial charge in [-0.25, -0.2) is 0 Å². The zero-order valence-electron chi connectivity index (χ0n) is 31.5. The summed E-state index contributed by atoms with van der Waals surface area (Å²) in [6.45, 7) is 12.8. The topological polar surface area (TPSA) is 4.93 Å². The Kier molecular flexibility index (Phi) is 9.33. The molecule has 1 nitrogen and oxygen atoms in total. The largest absolute Gasteiger partial charge is 0.310 e. The molecule has 0 atom stereocenters. The Labute approximate surface area is 317 Å². The van der Waals surface area contributed by atoms with Crippen molar-refractivity contribution >= 4 is 76.8 Å². The van der Waals surface area contributed by atoms with E-state index in [1.165, 1.54) is 103 Å². The molecule has 2 aromatic heterocycles. The average molecular weight is 704 g/mol. The summed E-state index contributed by atoms with van der Waals surface area (Å²) in [4.78, 5) is 1.35. The first kappa shape index (κ1) is 34.4. The second kappa shape index (κ2) is 14.4. The molecule has 0 aliphatic rings. The van der Waals surface area contributed by atoms with Crippen LogP contribution >= 0.6 is 11.3 Å². The minimum Gasteiger partial charge on any atom is -0.310 e. The van der Waals surface area contributed by atoms with Gasteiger partial charge in [0.2, 0.25) is 0 Å². The maximum atomic E-state index is 2.42. The molecule has 0 amide bonds. The fourth-order valence-corrected chi connectivity index (χ4v) is 9.33. The predicted octanol–water partition coefficient (Wildman–Crippen LogP) is 15.7. The summed E-state index contributed by atoms with van der Waals surface area (Å²) >= 11 is 1.91. The summed E-state index contributed by atoms with van der Waals surface area (Å²) in [5, 5.41) is 10.4. The van der Waals surface area contributed by atoms with Crippen molar-refractivity contribution in [2.75, 3.05) is 0 Å². The van der Waals surface area contributed by atoms with Crippen LogP contribution in [0.15, 0.2) is 140 Å². The van der Waals surface area contributed by atoms with Crippen molar-refractivity contribution in [1.82, 2.24) is 4.57 Å². The number of fused-ring (bicyclic) bond motifs is 8. The lowest BCUT2D eigenvalue weighted by atomic mass is 9.90. The molecule has 9 aromatic rings. The third-order valence-corrected chi connectivity index (χ3v) is 11.9. The van der Waals surface area contributed by atoms with Crippen molar-refractivity contribution in [2.45, 2.75) is 48.0 Å². The average Bonchev–Trinajstić information content (AvgIpc) is 3.69. The minimum atomic E-state index is 1.04. The molecule has 0 spiro atoms. The molecule has 0 unspecified atom stereocenters. The second-order valence-corrected chi connectivity index (χ2v) is 14.6. The first-order valence-corrected chi connectivity index (χ1v) is 19.8. The van der Waals surface area contributed by atoms with E-state index in [4.69, 9.17) is 0 Å². The van der Waals surface area contributed by atoms with E-state index in [-0.39, 0.29) is 0 Å². The van der Waals surface area contributed by atoms with Crippen LogP contribution in [0.25, 0.3) is 93.4 Å². The molecule has 2 heteroatoms. The van der Waals surface area contributed by atoms with Crippen molar-refractivity contribution in [1.29, 1.82) is 0 Å². The zero-order valence-corrected chi connectivity index (χ0v) is 32.3. The summed E-state index contributed by atoms with van der Waals surface area (Å²) in [5.74, 6) is 0. The first-order valence-electron chi connectivity index (χ1n) is 19.0. The maximum Gasteiger partial charge on any atom is 0.0537 e. The van der Waals surface area contributed by atoms with Gasteiger partial charge in [-0.05, 0) is 141 Å². The minimum absolute atomic E-state index is 1.04. The Balaban J connectivity index is 0.00000197. The number of aryl methyl sites for hydroxylation is 2. The van der Waals surface area contributed by atoms with Crippen LogP contribution < -0.4 is 0 Å². The highest BCUT2D eigenvalue weighted by molar-refractivity contribution is 7.20. The van der Waals surface area contributed by atoms with Gasteiger partial charge < -0.3 is 4.57 Å². The van der Waals surface area contributed by atoms with E-state index >= 15 is 0 Å². The molecule has 0 aliphatic heterocycles. The Bertz CT molecular complexity index is 2850. The molecule has 53 heavy (non-hydrogen) atoms. The molecule has 0 saturated carbocycles. The van der Waals surface area contributed by atoms with Gasteiger partial charge in [-0.2, -0.15) is 0 Å². The number of allylic oxidation sites excluding steroid dienone is 2. The summed E-state index contributed by atoms with van der Waals surface area (Å²) in [6, 6.07) is 47.6. The van der Waals surface area contributed by atoms with E-state index in [2.05, 4.69) is 184 Å². The van der Waals surface area contributed by atoms with Gasteiger partial charge in [0.05, 0.1) is 5.52 Å². The number of hydrogen-bond donors (Lipinski definition) is 0. The SMILES string of the molecule is C/C=C\c1c(C)c2ccccc2n1-c1cccc(-c2ccc3c4ccc(-c5cccc6c(C)c(/C=C\CC)sc56)cc4c4ccccc4c3c2)c1.CC. The molecule has 2 heterocycles. The molecule has 0 N–H and O–H groups in total. The first-order chi connectivity index (χ1) is 26.1. The Hall–Kier alpha value is -5.70. The lowest BCUT2D eigenvalue weighted by Gasteiger charge is -2.15. The van der Waals surface area contributed by atoms with Crippen LogP contribution in [-0.4, -0.2) is 4.57 Å². The van der Waals surface area contributed by atoms with E-state index in [9.17, 15) is 0 Å². The van der Waals surface area contributed by atoms with Gasteiger partial charge in [0.15, 0.2) is 0 Å². The molecule has 0 radical (unpaired) electrons. The van der Waals surface area contributed by atoms with E-state index in [1.54, 1.807) is 0 Å². The summed E-state index contributed by atoms with van der Waals surface area (Å²) in [5.41, 5.74) is 11.3. The standard InChI is InChI=1S/C49H39NS.C2H6/c1-5-7-23-48-32(4)38-20-13-21-39(49(38)51-48)35-25-27-43-42-26-24-34(29-44(42)40-18-8-9-19-41(40)45(43)30-35)33-15-12-16-36(28-33)50-46(14-6-2)31(3)37-17-10-11-22-47(37)50;1-2/h6-30H,5H2,1-4H3;1-2H3/b14-6-,23-7-;. The number of hydrogen-bond acceptors (Lipinski definition) is 1. The fraction of sp³-hybridized carbons (Fsp3) is 0.137. The van der Waals surface area contributed by atoms with Crippen molar-refractivity contribution in [3.63, 3.8) is 0 Å². The monoisotopic (exact) mass is 703 g/mol. The van der Waals surface area contributed by atoms with Crippen LogP contribution in [0.3, 0.4) is 0 Å². The summed E-state index contributed by atoms with van der Waals surface area (Å²) in [6.07, 6.45) is 9.96. The van der Waals surface area contributed by atoms with Crippen LogP contribution in [0.4, 0.5) is 0 Å². The second-order valence-electron chi connectivity index (χ2n) is 13.6. The molecule has 0 bridgehead atoms.